The lowest BCUT2D eigenvalue weighted by molar-refractivity contribution is 0.0932. The number of amides is 1. The van der Waals surface area contributed by atoms with Crippen molar-refractivity contribution in [1.82, 2.24) is 25.9 Å². The number of ether oxygens (including phenoxy) is 1. The molecule has 0 fully saturated rings. The quantitative estimate of drug-likeness (QED) is 0.700. The summed E-state index contributed by atoms with van der Waals surface area (Å²) < 4.78 is 5.43. The first-order valence-electron chi connectivity index (χ1n) is 8.38. The Morgan fingerprint density at radius 1 is 1.36 bits per heavy atom. The number of rotatable bonds is 6. The maximum Gasteiger partial charge on any atom is 0.287 e. The summed E-state index contributed by atoms with van der Waals surface area (Å²) in [6.45, 7) is 4.43. The fraction of sp³-hybridized carbons (Fsp3) is 0.333. The molecule has 3 N–H and O–H groups in total. The molecule has 0 aliphatic carbocycles. The van der Waals surface area contributed by atoms with Crippen molar-refractivity contribution in [3.05, 3.63) is 47.8 Å². The SMILES string of the molecule is CCOc1ccc(-c2cc(C(=O)NNC3=CCN(C)CC3)[nH]n2)cc1. The Hall–Kier alpha value is -2.80. The van der Waals surface area contributed by atoms with Crippen molar-refractivity contribution in [2.45, 2.75) is 13.3 Å². The van der Waals surface area contributed by atoms with Gasteiger partial charge >= 0.3 is 0 Å². The average Bonchev–Trinajstić information content (AvgIpc) is 3.12. The Bertz CT molecular complexity index is 751. The van der Waals surface area contributed by atoms with E-state index in [1.165, 1.54) is 0 Å². The minimum Gasteiger partial charge on any atom is -0.494 e. The number of carbonyl (C=O) groups is 1. The van der Waals surface area contributed by atoms with Gasteiger partial charge in [-0.15, -0.1) is 0 Å². The molecule has 7 heteroatoms. The molecule has 3 rings (SSSR count). The van der Waals surface area contributed by atoms with E-state index in [1.807, 2.05) is 31.2 Å². The highest BCUT2D eigenvalue weighted by atomic mass is 16.5. The van der Waals surface area contributed by atoms with E-state index in [2.05, 4.69) is 39.1 Å². The highest BCUT2D eigenvalue weighted by molar-refractivity contribution is 5.93. The van der Waals surface area contributed by atoms with E-state index in [9.17, 15) is 4.79 Å². The molecule has 1 aromatic heterocycles. The number of nitrogens with one attached hydrogen (secondary N) is 3. The lowest BCUT2D eigenvalue weighted by atomic mass is 10.1. The number of hydrazine groups is 1. The Kier molecular flexibility index (Phi) is 5.35. The summed E-state index contributed by atoms with van der Waals surface area (Å²) in [7, 11) is 2.07. The fourth-order valence-electron chi connectivity index (χ4n) is 2.56. The highest BCUT2D eigenvalue weighted by Crippen LogP contribution is 2.21. The first-order chi connectivity index (χ1) is 12.2. The molecule has 25 heavy (non-hydrogen) atoms. The number of benzene rings is 1. The van der Waals surface area contributed by atoms with Gasteiger partial charge in [-0.05, 0) is 50.4 Å². The van der Waals surface area contributed by atoms with Crippen molar-refractivity contribution >= 4 is 5.91 Å². The van der Waals surface area contributed by atoms with Gasteiger partial charge < -0.3 is 15.1 Å². The summed E-state index contributed by atoms with van der Waals surface area (Å²) >= 11 is 0. The van der Waals surface area contributed by atoms with Crippen LogP contribution in [-0.4, -0.2) is 47.7 Å². The molecule has 132 valence electrons. The van der Waals surface area contributed by atoms with Crippen LogP contribution in [0.3, 0.4) is 0 Å². The maximum absolute atomic E-state index is 12.2. The summed E-state index contributed by atoms with van der Waals surface area (Å²) in [4.78, 5) is 14.4. The summed E-state index contributed by atoms with van der Waals surface area (Å²) in [5.41, 5.74) is 8.76. The standard InChI is InChI=1S/C18H23N5O2/c1-3-25-15-6-4-13(5-7-15)16-12-17(21-20-16)18(24)22-19-14-8-10-23(2)11-9-14/h4-8,12,19H,3,9-11H2,1-2H3,(H,20,21)(H,22,24). The molecular weight excluding hydrogens is 318 g/mol. The van der Waals surface area contributed by atoms with Crippen molar-refractivity contribution in [3.63, 3.8) is 0 Å². The van der Waals surface area contributed by atoms with Crippen LogP contribution >= 0.6 is 0 Å². The summed E-state index contributed by atoms with van der Waals surface area (Å²) in [5, 5.41) is 6.99. The molecule has 0 unspecified atom stereocenters. The van der Waals surface area contributed by atoms with Crippen LogP contribution in [0.4, 0.5) is 0 Å². The Morgan fingerprint density at radius 3 is 2.84 bits per heavy atom. The number of aromatic amines is 1. The third-order valence-corrected chi connectivity index (χ3v) is 4.03. The van der Waals surface area contributed by atoms with Crippen LogP contribution in [0.15, 0.2) is 42.1 Å². The Balaban J connectivity index is 1.59. The Morgan fingerprint density at radius 2 is 2.16 bits per heavy atom. The van der Waals surface area contributed by atoms with Crippen molar-refractivity contribution in [2.24, 2.45) is 0 Å². The smallest absolute Gasteiger partial charge is 0.287 e. The van der Waals surface area contributed by atoms with Gasteiger partial charge in [0.1, 0.15) is 11.4 Å². The van der Waals surface area contributed by atoms with E-state index in [1.54, 1.807) is 6.07 Å². The first-order valence-corrected chi connectivity index (χ1v) is 8.38. The number of hydrogen-bond donors (Lipinski definition) is 3. The molecule has 0 saturated heterocycles. The first kappa shape index (κ1) is 17.0. The summed E-state index contributed by atoms with van der Waals surface area (Å²) in [6, 6.07) is 9.35. The maximum atomic E-state index is 12.2. The minimum atomic E-state index is -0.246. The number of aromatic nitrogens is 2. The van der Waals surface area contributed by atoms with Gasteiger partial charge in [-0.1, -0.05) is 0 Å². The van der Waals surface area contributed by atoms with E-state index in [0.717, 1.165) is 36.5 Å². The third kappa shape index (κ3) is 4.39. The fourth-order valence-corrected chi connectivity index (χ4v) is 2.56. The van der Waals surface area contributed by atoms with Crippen LogP contribution in [-0.2, 0) is 0 Å². The normalized spacial score (nSPS) is 14.7. The van der Waals surface area contributed by atoms with E-state index in [0.29, 0.717) is 18.0 Å². The molecule has 0 saturated carbocycles. The van der Waals surface area contributed by atoms with Gasteiger partial charge in [0.2, 0.25) is 0 Å². The largest absolute Gasteiger partial charge is 0.494 e. The van der Waals surface area contributed by atoms with Crippen LogP contribution in [0.2, 0.25) is 0 Å². The zero-order chi connectivity index (χ0) is 17.6. The second kappa shape index (κ2) is 7.85. The molecule has 2 heterocycles. The van der Waals surface area contributed by atoms with Gasteiger partial charge in [-0.2, -0.15) is 5.10 Å². The minimum absolute atomic E-state index is 0.246. The number of nitrogens with zero attached hydrogens (tertiary/aromatic N) is 2. The van der Waals surface area contributed by atoms with Crippen molar-refractivity contribution in [2.75, 3.05) is 26.7 Å². The van der Waals surface area contributed by atoms with Gasteiger partial charge in [0.05, 0.1) is 12.3 Å². The van der Waals surface area contributed by atoms with E-state index < -0.39 is 0 Å². The second-order valence-corrected chi connectivity index (χ2v) is 5.94. The van der Waals surface area contributed by atoms with Crippen molar-refractivity contribution in [1.29, 1.82) is 0 Å². The monoisotopic (exact) mass is 341 g/mol. The van der Waals surface area contributed by atoms with Gasteiger partial charge in [-0.25, -0.2) is 0 Å². The number of likely N-dealkylation sites (N-methyl/N-ethyl adjacent to an activating group) is 1. The molecule has 1 aliphatic rings. The molecule has 0 spiro atoms. The highest BCUT2D eigenvalue weighted by Gasteiger charge is 2.13. The summed E-state index contributed by atoms with van der Waals surface area (Å²) in [6.07, 6.45) is 2.96. The van der Waals surface area contributed by atoms with Crippen LogP contribution in [0.1, 0.15) is 23.8 Å². The summed E-state index contributed by atoms with van der Waals surface area (Å²) in [5.74, 6) is 0.569. The van der Waals surface area contributed by atoms with Gasteiger partial charge in [0.15, 0.2) is 0 Å². The van der Waals surface area contributed by atoms with Crippen LogP contribution in [0.5, 0.6) is 5.75 Å². The lowest BCUT2D eigenvalue weighted by Gasteiger charge is -2.22. The number of H-pyrrole nitrogens is 1. The molecule has 1 aromatic carbocycles. The van der Waals surface area contributed by atoms with Crippen LogP contribution in [0, 0.1) is 0 Å². The molecule has 0 radical (unpaired) electrons. The molecular formula is C18H23N5O2. The van der Waals surface area contributed by atoms with Gasteiger partial charge in [0.25, 0.3) is 5.91 Å². The number of carbonyl (C=O) groups excluding carboxylic acids is 1. The molecule has 0 bridgehead atoms. The predicted octanol–water partition coefficient (Wildman–Crippen LogP) is 1.93. The van der Waals surface area contributed by atoms with E-state index in [-0.39, 0.29) is 5.91 Å². The van der Waals surface area contributed by atoms with Crippen LogP contribution < -0.4 is 15.6 Å². The van der Waals surface area contributed by atoms with E-state index in [4.69, 9.17) is 4.74 Å². The van der Waals surface area contributed by atoms with Gasteiger partial charge in [0, 0.05) is 30.8 Å². The van der Waals surface area contributed by atoms with E-state index >= 15 is 0 Å². The molecule has 2 aromatic rings. The second-order valence-electron chi connectivity index (χ2n) is 5.94. The van der Waals surface area contributed by atoms with Crippen molar-refractivity contribution in [3.8, 4) is 17.0 Å². The van der Waals surface area contributed by atoms with Gasteiger partial charge in [-0.3, -0.25) is 15.3 Å². The average molecular weight is 341 g/mol. The lowest BCUT2D eigenvalue weighted by Crippen LogP contribution is -2.39. The predicted molar refractivity (Wildman–Crippen MR) is 96.0 cm³/mol. The topological polar surface area (TPSA) is 82.3 Å². The molecule has 1 aliphatic heterocycles. The molecule has 7 nitrogen and oxygen atoms in total. The van der Waals surface area contributed by atoms with Crippen LogP contribution in [0.25, 0.3) is 11.3 Å². The van der Waals surface area contributed by atoms with Crippen molar-refractivity contribution < 1.29 is 9.53 Å². The zero-order valence-electron chi connectivity index (χ0n) is 14.5. The molecule has 0 atom stereocenters. The number of hydrogen-bond acceptors (Lipinski definition) is 5. The molecule has 1 amide bonds. The Labute approximate surface area is 147 Å². The zero-order valence-corrected chi connectivity index (χ0v) is 14.5. The third-order valence-electron chi connectivity index (χ3n) is 4.03.